The molecular formula is C15H24O3. The molecule has 0 aromatic carbocycles. The van der Waals surface area contributed by atoms with Crippen LogP contribution in [-0.4, -0.2) is 22.8 Å². The Morgan fingerprint density at radius 1 is 1.56 bits per heavy atom. The molecule has 0 saturated heterocycles. The summed E-state index contributed by atoms with van der Waals surface area (Å²) in [6.45, 7) is 5.99. The van der Waals surface area contributed by atoms with Gasteiger partial charge in [-0.1, -0.05) is 25.5 Å². The lowest BCUT2D eigenvalue weighted by atomic mass is 9.48. The summed E-state index contributed by atoms with van der Waals surface area (Å²) in [7, 11) is 0. The molecule has 0 aliphatic heterocycles. The molecule has 18 heavy (non-hydrogen) atoms. The minimum atomic E-state index is -0.994. The molecule has 3 unspecified atom stereocenters. The first-order valence-corrected chi connectivity index (χ1v) is 6.84. The summed E-state index contributed by atoms with van der Waals surface area (Å²) in [5, 5.41) is 18.4. The number of carboxylic acids is 1. The van der Waals surface area contributed by atoms with E-state index >= 15 is 0 Å². The molecule has 0 spiro atoms. The molecular weight excluding hydrogens is 228 g/mol. The monoisotopic (exact) mass is 252 g/mol. The summed E-state index contributed by atoms with van der Waals surface area (Å²) in [5.41, 5.74) is 0.817. The zero-order valence-corrected chi connectivity index (χ0v) is 11.6. The SMILES string of the molecule is CC(CO)(CCC1=CCC2CC1C2(C)C)C(=O)O. The second kappa shape index (κ2) is 4.37. The van der Waals surface area contributed by atoms with Gasteiger partial charge in [0, 0.05) is 0 Å². The highest BCUT2D eigenvalue weighted by atomic mass is 16.4. The largest absolute Gasteiger partial charge is 0.481 e. The molecule has 0 aromatic heterocycles. The van der Waals surface area contributed by atoms with Crippen LogP contribution >= 0.6 is 0 Å². The van der Waals surface area contributed by atoms with Crippen molar-refractivity contribution in [3.05, 3.63) is 11.6 Å². The number of hydrogen-bond acceptors (Lipinski definition) is 2. The lowest BCUT2D eigenvalue weighted by molar-refractivity contribution is -0.150. The Morgan fingerprint density at radius 3 is 2.67 bits per heavy atom. The summed E-state index contributed by atoms with van der Waals surface area (Å²) in [4.78, 5) is 11.2. The Bertz CT molecular complexity index is 383. The Morgan fingerprint density at radius 2 is 2.22 bits per heavy atom. The normalized spacial score (nSPS) is 32.1. The smallest absolute Gasteiger partial charge is 0.311 e. The van der Waals surface area contributed by atoms with Crippen LogP contribution in [0, 0.1) is 22.7 Å². The van der Waals surface area contributed by atoms with E-state index in [4.69, 9.17) is 5.11 Å². The number of allylic oxidation sites excluding steroid dienone is 2. The van der Waals surface area contributed by atoms with Crippen LogP contribution in [0.2, 0.25) is 0 Å². The van der Waals surface area contributed by atoms with Gasteiger partial charge in [0.05, 0.1) is 12.0 Å². The van der Waals surface area contributed by atoms with Gasteiger partial charge in [0.15, 0.2) is 0 Å². The van der Waals surface area contributed by atoms with Gasteiger partial charge < -0.3 is 10.2 Å². The number of aliphatic hydroxyl groups is 1. The third-order valence-corrected chi connectivity index (χ3v) is 5.41. The van der Waals surface area contributed by atoms with Crippen molar-refractivity contribution in [3.63, 3.8) is 0 Å². The van der Waals surface area contributed by atoms with Crippen molar-refractivity contribution in [1.82, 2.24) is 0 Å². The molecule has 1 fully saturated rings. The van der Waals surface area contributed by atoms with Crippen LogP contribution < -0.4 is 0 Å². The van der Waals surface area contributed by atoms with Gasteiger partial charge in [0.25, 0.3) is 0 Å². The van der Waals surface area contributed by atoms with Gasteiger partial charge in [-0.3, -0.25) is 4.79 Å². The van der Waals surface area contributed by atoms with Gasteiger partial charge in [-0.25, -0.2) is 0 Å². The summed E-state index contributed by atoms with van der Waals surface area (Å²) in [5.74, 6) is 0.551. The van der Waals surface area contributed by atoms with Crippen molar-refractivity contribution in [3.8, 4) is 0 Å². The number of hydrogen-bond donors (Lipinski definition) is 2. The van der Waals surface area contributed by atoms with Crippen molar-refractivity contribution in [1.29, 1.82) is 0 Å². The highest BCUT2D eigenvalue weighted by Crippen LogP contribution is 2.60. The minimum Gasteiger partial charge on any atom is -0.481 e. The molecule has 3 aliphatic rings. The summed E-state index contributed by atoms with van der Waals surface area (Å²) < 4.78 is 0. The number of aliphatic carboxylic acids is 1. The lowest BCUT2D eigenvalue weighted by Gasteiger charge is -2.56. The lowest BCUT2D eigenvalue weighted by Crippen LogP contribution is -2.48. The quantitative estimate of drug-likeness (QED) is 0.740. The molecule has 3 aliphatic carbocycles. The summed E-state index contributed by atoms with van der Waals surface area (Å²) in [6.07, 6.45) is 6.05. The average Bonchev–Trinajstić information content (AvgIpc) is 2.35. The van der Waals surface area contributed by atoms with E-state index < -0.39 is 11.4 Å². The Kier molecular flexibility index (Phi) is 3.30. The molecule has 3 nitrogen and oxygen atoms in total. The van der Waals surface area contributed by atoms with E-state index in [1.165, 1.54) is 12.0 Å². The maximum atomic E-state index is 11.2. The summed E-state index contributed by atoms with van der Waals surface area (Å²) >= 11 is 0. The van der Waals surface area contributed by atoms with Crippen LogP contribution in [0.4, 0.5) is 0 Å². The van der Waals surface area contributed by atoms with Crippen LogP contribution in [0.5, 0.6) is 0 Å². The minimum absolute atomic E-state index is 0.285. The van der Waals surface area contributed by atoms with Crippen LogP contribution in [0.1, 0.15) is 46.5 Å². The van der Waals surface area contributed by atoms with Crippen molar-refractivity contribution in [2.75, 3.05) is 6.61 Å². The van der Waals surface area contributed by atoms with E-state index in [0.717, 1.165) is 18.8 Å². The first-order chi connectivity index (χ1) is 8.31. The van der Waals surface area contributed by atoms with Crippen molar-refractivity contribution in [2.45, 2.75) is 46.5 Å². The molecule has 102 valence electrons. The molecule has 2 bridgehead atoms. The number of aliphatic hydroxyl groups excluding tert-OH is 1. The summed E-state index contributed by atoms with van der Waals surface area (Å²) in [6, 6.07) is 0. The average molecular weight is 252 g/mol. The van der Waals surface area contributed by atoms with E-state index in [2.05, 4.69) is 19.9 Å². The zero-order chi connectivity index (χ0) is 13.6. The predicted octanol–water partition coefficient (Wildman–Crippen LogP) is 2.84. The molecule has 0 radical (unpaired) electrons. The highest BCUT2D eigenvalue weighted by molar-refractivity contribution is 5.74. The standard InChI is InChI=1S/C15H24O3/c1-14(2)11-5-4-10(12(14)8-11)6-7-15(3,9-16)13(17)18/h4,11-12,16H,5-9H2,1-3H3,(H,17,18). The van der Waals surface area contributed by atoms with Gasteiger partial charge in [0.2, 0.25) is 0 Å². The maximum absolute atomic E-state index is 11.2. The first-order valence-electron chi connectivity index (χ1n) is 6.84. The molecule has 3 heteroatoms. The topological polar surface area (TPSA) is 57.5 Å². The van der Waals surface area contributed by atoms with Gasteiger partial charge in [-0.05, 0) is 49.9 Å². The molecule has 1 saturated carbocycles. The van der Waals surface area contributed by atoms with Crippen LogP contribution in [0.3, 0.4) is 0 Å². The number of carboxylic acid groups (broad SMARTS) is 1. The Balaban J connectivity index is 1.99. The van der Waals surface area contributed by atoms with Crippen molar-refractivity contribution < 1.29 is 15.0 Å². The van der Waals surface area contributed by atoms with Gasteiger partial charge in [0.1, 0.15) is 0 Å². The number of carbonyl (C=O) groups is 1. The molecule has 0 heterocycles. The number of fused-ring (bicyclic) bond motifs is 1. The van der Waals surface area contributed by atoms with Crippen LogP contribution in [0.25, 0.3) is 0 Å². The second-order valence-corrected chi connectivity index (χ2v) is 6.85. The molecule has 2 N–H and O–H groups in total. The fourth-order valence-corrected chi connectivity index (χ4v) is 3.43. The first kappa shape index (κ1) is 13.6. The van der Waals surface area contributed by atoms with Crippen molar-refractivity contribution >= 4 is 5.97 Å². The van der Waals surface area contributed by atoms with E-state index in [0.29, 0.717) is 17.8 Å². The predicted molar refractivity (Wildman–Crippen MR) is 70.1 cm³/mol. The van der Waals surface area contributed by atoms with Gasteiger partial charge in [-0.2, -0.15) is 0 Å². The van der Waals surface area contributed by atoms with E-state index in [1.807, 2.05) is 0 Å². The van der Waals surface area contributed by atoms with Gasteiger partial charge >= 0.3 is 5.97 Å². The molecule has 0 aromatic rings. The van der Waals surface area contributed by atoms with E-state index in [9.17, 15) is 9.90 Å². The van der Waals surface area contributed by atoms with Gasteiger partial charge in [-0.15, -0.1) is 0 Å². The fraction of sp³-hybridized carbons (Fsp3) is 0.800. The number of rotatable bonds is 5. The third-order valence-electron chi connectivity index (χ3n) is 5.41. The van der Waals surface area contributed by atoms with Crippen LogP contribution in [-0.2, 0) is 4.79 Å². The van der Waals surface area contributed by atoms with E-state index in [1.54, 1.807) is 6.92 Å². The Labute approximate surface area is 109 Å². The molecule has 0 amide bonds. The Hall–Kier alpha value is -0.830. The molecule has 3 rings (SSSR count). The van der Waals surface area contributed by atoms with Crippen LogP contribution in [0.15, 0.2) is 11.6 Å². The molecule has 3 atom stereocenters. The third kappa shape index (κ3) is 1.99. The van der Waals surface area contributed by atoms with Crippen molar-refractivity contribution in [2.24, 2.45) is 22.7 Å². The second-order valence-electron chi connectivity index (χ2n) is 6.85. The fourth-order valence-electron chi connectivity index (χ4n) is 3.43. The zero-order valence-electron chi connectivity index (χ0n) is 11.6. The maximum Gasteiger partial charge on any atom is 0.311 e. The highest BCUT2D eigenvalue weighted by Gasteiger charge is 2.51. The van der Waals surface area contributed by atoms with E-state index in [-0.39, 0.29) is 6.61 Å².